The van der Waals surface area contributed by atoms with Crippen molar-refractivity contribution in [2.75, 3.05) is 38.6 Å². The zero-order valence-electron chi connectivity index (χ0n) is 6.86. The molecule has 0 aromatic heterocycles. The highest BCUT2D eigenvalue weighted by atomic mass is 32.2. The Kier molecular flexibility index (Phi) is 5.03. The summed E-state index contributed by atoms with van der Waals surface area (Å²) < 4.78 is 8.60. The molecule has 1 heterocycles. The second-order valence-corrected chi connectivity index (χ2v) is 3.32. The van der Waals surface area contributed by atoms with E-state index in [9.17, 15) is 4.79 Å². The molecule has 4 nitrogen and oxygen atoms in total. The predicted molar refractivity (Wildman–Crippen MR) is 47.8 cm³/mol. The van der Waals surface area contributed by atoms with Crippen molar-refractivity contribution in [2.24, 2.45) is 4.40 Å². The second-order valence-electron chi connectivity index (χ2n) is 2.47. The van der Waals surface area contributed by atoms with Crippen LogP contribution in [0.5, 0.6) is 0 Å². The van der Waals surface area contributed by atoms with E-state index in [0.29, 0.717) is 0 Å². The highest BCUT2D eigenvalue weighted by molar-refractivity contribution is 7.98. The van der Waals surface area contributed by atoms with Gasteiger partial charge in [-0.2, -0.15) is 0 Å². The van der Waals surface area contributed by atoms with Gasteiger partial charge in [-0.15, -0.1) is 4.40 Å². The monoisotopic (exact) mass is 188 g/mol. The van der Waals surface area contributed by atoms with Gasteiger partial charge in [0, 0.05) is 25.4 Å². The van der Waals surface area contributed by atoms with Crippen LogP contribution in [0.2, 0.25) is 0 Å². The number of carbonyl (C=O) groups excluding carboxylic acids is 1. The van der Waals surface area contributed by atoms with Crippen LogP contribution in [-0.2, 0) is 9.53 Å². The van der Waals surface area contributed by atoms with Crippen LogP contribution in [0.15, 0.2) is 4.40 Å². The Hall–Kier alpha value is -0.350. The molecule has 0 atom stereocenters. The minimum absolute atomic E-state index is 0.821. The summed E-state index contributed by atoms with van der Waals surface area (Å²) in [5, 5.41) is 0. The van der Waals surface area contributed by atoms with Gasteiger partial charge in [0.25, 0.3) is 0 Å². The van der Waals surface area contributed by atoms with E-state index in [1.54, 1.807) is 0 Å². The number of hydrogen-bond acceptors (Lipinski definition) is 5. The maximum absolute atomic E-state index is 9.71. The van der Waals surface area contributed by atoms with Gasteiger partial charge in [-0.1, -0.05) is 0 Å². The quantitative estimate of drug-likeness (QED) is 0.275. The molecule has 0 N–H and O–H groups in total. The number of isocyanates is 1. The van der Waals surface area contributed by atoms with Gasteiger partial charge >= 0.3 is 0 Å². The van der Waals surface area contributed by atoms with Gasteiger partial charge in [0.15, 0.2) is 0 Å². The lowest BCUT2D eigenvalue weighted by Crippen LogP contribution is -2.37. The van der Waals surface area contributed by atoms with Gasteiger partial charge in [0.1, 0.15) is 0 Å². The second kappa shape index (κ2) is 6.20. The summed E-state index contributed by atoms with van der Waals surface area (Å²) in [7, 11) is 0. The summed E-state index contributed by atoms with van der Waals surface area (Å²) in [6, 6.07) is 0. The van der Waals surface area contributed by atoms with E-state index in [1.165, 1.54) is 18.0 Å². The third-order valence-corrected chi connectivity index (χ3v) is 2.27. The molecular formula is C7H12N2O2S. The number of morpholine rings is 1. The molecule has 0 aliphatic carbocycles. The largest absolute Gasteiger partial charge is 0.379 e. The Balaban J connectivity index is 2.01. The Labute approximate surface area is 76.1 Å². The van der Waals surface area contributed by atoms with Crippen LogP contribution in [-0.4, -0.2) is 49.6 Å². The molecule has 0 unspecified atom stereocenters. The van der Waals surface area contributed by atoms with E-state index in [4.69, 9.17) is 4.74 Å². The Morgan fingerprint density at radius 3 is 2.92 bits per heavy atom. The Morgan fingerprint density at radius 2 is 2.25 bits per heavy atom. The third kappa shape index (κ3) is 3.88. The maximum atomic E-state index is 9.71. The molecule has 1 aliphatic rings. The first-order valence-corrected chi connectivity index (χ1v) is 4.87. The Bertz CT molecular complexity index is 165. The van der Waals surface area contributed by atoms with E-state index in [1.807, 2.05) is 0 Å². The Morgan fingerprint density at radius 1 is 1.50 bits per heavy atom. The summed E-state index contributed by atoms with van der Waals surface area (Å²) in [5.74, 6) is 0.856. The van der Waals surface area contributed by atoms with Gasteiger partial charge in [0.05, 0.1) is 13.2 Å². The van der Waals surface area contributed by atoms with E-state index in [-0.39, 0.29) is 0 Å². The smallest absolute Gasteiger partial charge is 0.247 e. The summed E-state index contributed by atoms with van der Waals surface area (Å²) in [6.45, 7) is 4.60. The molecule has 1 fully saturated rings. The zero-order chi connectivity index (χ0) is 8.65. The van der Waals surface area contributed by atoms with Crippen LogP contribution in [0.3, 0.4) is 0 Å². The fraction of sp³-hybridized carbons (Fsp3) is 0.857. The average Bonchev–Trinajstić information content (AvgIpc) is 2.14. The molecule has 0 amide bonds. The van der Waals surface area contributed by atoms with Crippen molar-refractivity contribution in [3.05, 3.63) is 0 Å². The lowest BCUT2D eigenvalue weighted by molar-refractivity contribution is 0.0410. The van der Waals surface area contributed by atoms with Crippen LogP contribution in [0, 0.1) is 0 Å². The first kappa shape index (κ1) is 9.74. The van der Waals surface area contributed by atoms with E-state index >= 15 is 0 Å². The molecule has 0 saturated carbocycles. The van der Waals surface area contributed by atoms with E-state index in [0.717, 1.165) is 38.6 Å². The van der Waals surface area contributed by atoms with Crippen LogP contribution >= 0.6 is 11.9 Å². The van der Waals surface area contributed by atoms with Gasteiger partial charge < -0.3 is 4.74 Å². The lowest BCUT2D eigenvalue weighted by atomic mass is 10.4. The first-order chi connectivity index (χ1) is 5.93. The summed E-state index contributed by atoms with van der Waals surface area (Å²) in [5.41, 5.74) is 0. The highest BCUT2D eigenvalue weighted by Crippen LogP contribution is 2.02. The SMILES string of the molecule is O=C=NSCCN1CCOCC1. The predicted octanol–water partition coefficient (Wildman–Crippen LogP) is 0.303. The molecule has 5 heteroatoms. The number of hydrogen-bond donors (Lipinski definition) is 0. The van der Waals surface area contributed by atoms with Crippen LogP contribution in [0.1, 0.15) is 0 Å². The molecule has 0 aromatic carbocycles. The molecular weight excluding hydrogens is 176 g/mol. The molecule has 68 valence electrons. The van der Waals surface area contributed by atoms with Crippen LogP contribution in [0.25, 0.3) is 0 Å². The fourth-order valence-corrected chi connectivity index (χ4v) is 1.55. The summed E-state index contributed by atoms with van der Waals surface area (Å²) in [4.78, 5) is 12.0. The van der Waals surface area contributed by atoms with Crippen molar-refractivity contribution in [3.8, 4) is 0 Å². The van der Waals surface area contributed by atoms with Crippen molar-refractivity contribution in [1.29, 1.82) is 0 Å². The van der Waals surface area contributed by atoms with Crippen LogP contribution in [0.4, 0.5) is 0 Å². The van der Waals surface area contributed by atoms with Crippen molar-refractivity contribution in [3.63, 3.8) is 0 Å². The van der Waals surface area contributed by atoms with E-state index in [2.05, 4.69) is 9.30 Å². The maximum Gasteiger partial charge on any atom is 0.247 e. The zero-order valence-corrected chi connectivity index (χ0v) is 7.68. The third-order valence-electron chi connectivity index (χ3n) is 1.70. The summed E-state index contributed by atoms with van der Waals surface area (Å²) in [6.07, 6.45) is 1.50. The van der Waals surface area contributed by atoms with Crippen molar-refractivity contribution in [1.82, 2.24) is 4.90 Å². The molecule has 0 radical (unpaired) electrons. The molecule has 12 heavy (non-hydrogen) atoms. The normalized spacial score (nSPS) is 18.7. The topological polar surface area (TPSA) is 41.9 Å². The molecule has 0 bridgehead atoms. The van der Waals surface area contributed by atoms with Gasteiger partial charge in [-0.05, 0) is 11.9 Å². The van der Waals surface area contributed by atoms with Crippen molar-refractivity contribution in [2.45, 2.75) is 0 Å². The number of ether oxygens (including phenoxy) is 1. The van der Waals surface area contributed by atoms with Gasteiger partial charge in [-0.25, -0.2) is 4.79 Å². The number of nitrogens with zero attached hydrogens (tertiary/aromatic N) is 2. The standard InChI is InChI=1S/C7H12N2O2S/c10-7-8-12-6-3-9-1-4-11-5-2-9/h1-6H2. The van der Waals surface area contributed by atoms with Gasteiger partial charge in [0.2, 0.25) is 6.08 Å². The highest BCUT2D eigenvalue weighted by Gasteiger charge is 2.08. The minimum atomic E-state index is 0.821. The molecule has 0 aromatic rings. The lowest BCUT2D eigenvalue weighted by Gasteiger charge is -2.25. The van der Waals surface area contributed by atoms with Crippen LogP contribution < -0.4 is 0 Å². The molecule has 0 spiro atoms. The molecule has 1 rings (SSSR count). The first-order valence-electron chi connectivity index (χ1n) is 3.93. The molecule has 1 aliphatic heterocycles. The summed E-state index contributed by atoms with van der Waals surface area (Å²) >= 11 is 1.27. The van der Waals surface area contributed by atoms with E-state index < -0.39 is 0 Å². The minimum Gasteiger partial charge on any atom is -0.379 e. The van der Waals surface area contributed by atoms with Gasteiger partial charge in [-0.3, -0.25) is 4.90 Å². The number of rotatable bonds is 4. The average molecular weight is 188 g/mol. The van der Waals surface area contributed by atoms with Crippen molar-refractivity contribution >= 4 is 18.0 Å². The molecule has 1 saturated heterocycles. The van der Waals surface area contributed by atoms with Crippen molar-refractivity contribution < 1.29 is 9.53 Å². The fourth-order valence-electron chi connectivity index (χ4n) is 1.07.